The molecule has 23 heavy (non-hydrogen) atoms. The predicted molar refractivity (Wildman–Crippen MR) is 90.5 cm³/mol. The topological polar surface area (TPSA) is 96.2 Å². The fraction of sp³-hybridized carbons (Fsp3) is 0.375. The van der Waals surface area contributed by atoms with Crippen molar-refractivity contribution in [1.29, 1.82) is 0 Å². The van der Waals surface area contributed by atoms with E-state index < -0.39 is 5.91 Å². The van der Waals surface area contributed by atoms with E-state index >= 15 is 0 Å². The van der Waals surface area contributed by atoms with Crippen molar-refractivity contribution in [2.75, 3.05) is 6.61 Å². The average Bonchev–Trinajstić information content (AvgIpc) is 2.83. The molecule has 0 radical (unpaired) electrons. The number of carbonyl (C=O) groups is 1. The van der Waals surface area contributed by atoms with Gasteiger partial charge in [0.2, 0.25) is 5.91 Å². The molecule has 0 saturated heterocycles. The van der Waals surface area contributed by atoms with Crippen LogP contribution in [-0.4, -0.2) is 28.3 Å². The first-order valence-corrected chi connectivity index (χ1v) is 7.69. The zero-order chi connectivity index (χ0) is 17.1. The molecule has 0 aliphatic carbocycles. The minimum absolute atomic E-state index is 0.0966. The van der Waals surface area contributed by atoms with E-state index in [0.717, 1.165) is 0 Å². The van der Waals surface area contributed by atoms with Crippen molar-refractivity contribution < 1.29 is 9.53 Å². The van der Waals surface area contributed by atoms with Gasteiger partial charge >= 0.3 is 0 Å². The predicted octanol–water partition coefficient (Wildman–Crippen LogP) is 2.20. The van der Waals surface area contributed by atoms with E-state index in [9.17, 15) is 4.79 Å². The van der Waals surface area contributed by atoms with Crippen LogP contribution in [0.25, 0.3) is 11.3 Å². The fourth-order valence-electron chi connectivity index (χ4n) is 2.09. The van der Waals surface area contributed by atoms with Gasteiger partial charge in [-0.15, -0.1) is 0 Å². The first-order chi connectivity index (χ1) is 10.8. The van der Waals surface area contributed by atoms with E-state index in [2.05, 4.69) is 5.10 Å². The summed E-state index contributed by atoms with van der Waals surface area (Å²) < 4.78 is 7.47. The Morgan fingerprint density at radius 2 is 2.13 bits per heavy atom. The summed E-state index contributed by atoms with van der Waals surface area (Å²) in [4.78, 5) is 11.5. The Morgan fingerprint density at radius 3 is 2.65 bits per heavy atom. The van der Waals surface area contributed by atoms with Gasteiger partial charge in [-0.05, 0) is 24.1 Å². The number of rotatable bonds is 6. The number of amides is 1. The number of ether oxygens (including phenoxy) is 1. The maximum atomic E-state index is 11.5. The molecule has 124 valence electrons. The van der Waals surface area contributed by atoms with E-state index in [1.54, 1.807) is 29.9 Å². The van der Waals surface area contributed by atoms with Crippen LogP contribution in [0.2, 0.25) is 5.02 Å². The molecule has 6 nitrogen and oxygen atoms in total. The number of aryl methyl sites for hydroxylation is 1. The Kier molecular flexibility index (Phi) is 5.28. The first kappa shape index (κ1) is 17.3. The van der Waals surface area contributed by atoms with Crippen molar-refractivity contribution in [3.8, 4) is 17.0 Å². The molecule has 4 N–H and O–H groups in total. The van der Waals surface area contributed by atoms with Crippen LogP contribution in [0.15, 0.2) is 24.4 Å². The molecule has 0 aliphatic rings. The normalized spacial score (nSPS) is 12.4. The van der Waals surface area contributed by atoms with Gasteiger partial charge in [-0.1, -0.05) is 25.4 Å². The number of nitrogens with two attached hydrogens (primary N) is 2. The van der Waals surface area contributed by atoms with E-state index in [-0.39, 0.29) is 6.04 Å². The number of hydrogen-bond donors (Lipinski definition) is 2. The molecule has 0 bridgehead atoms. The van der Waals surface area contributed by atoms with Crippen molar-refractivity contribution >= 4 is 17.5 Å². The zero-order valence-electron chi connectivity index (χ0n) is 13.4. The molecular weight excluding hydrogens is 316 g/mol. The molecule has 0 unspecified atom stereocenters. The first-order valence-electron chi connectivity index (χ1n) is 7.31. The summed E-state index contributed by atoms with van der Waals surface area (Å²) in [5, 5.41) is 4.58. The highest BCUT2D eigenvalue weighted by Gasteiger charge is 2.18. The lowest BCUT2D eigenvalue weighted by Crippen LogP contribution is -2.33. The third-order valence-corrected chi connectivity index (χ3v) is 3.98. The van der Waals surface area contributed by atoms with Crippen LogP contribution < -0.4 is 16.2 Å². The van der Waals surface area contributed by atoms with Gasteiger partial charge in [-0.2, -0.15) is 5.10 Å². The maximum Gasteiger partial charge on any atom is 0.248 e. The third-order valence-electron chi connectivity index (χ3n) is 3.70. The molecule has 0 aliphatic heterocycles. The second-order valence-electron chi connectivity index (χ2n) is 5.76. The van der Waals surface area contributed by atoms with Crippen LogP contribution in [0.5, 0.6) is 5.75 Å². The number of carbonyl (C=O) groups excluding carboxylic acids is 1. The molecule has 1 amide bonds. The van der Waals surface area contributed by atoms with E-state index in [4.69, 9.17) is 27.8 Å². The number of hydrogen-bond acceptors (Lipinski definition) is 4. The highest BCUT2D eigenvalue weighted by atomic mass is 35.5. The van der Waals surface area contributed by atoms with E-state index in [1.165, 1.54) is 6.20 Å². The van der Waals surface area contributed by atoms with Crippen LogP contribution >= 0.6 is 11.6 Å². The molecule has 1 atom stereocenters. The summed E-state index contributed by atoms with van der Waals surface area (Å²) in [5.41, 5.74) is 13.1. The third kappa shape index (κ3) is 3.83. The molecule has 0 fully saturated rings. The summed E-state index contributed by atoms with van der Waals surface area (Å²) in [6, 6.07) is 4.88. The minimum atomic E-state index is -0.519. The average molecular weight is 337 g/mol. The van der Waals surface area contributed by atoms with Gasteiger partial charge in [0.1, 0.15) is 12.4 Å². The van der Waals surface area contributed by atoms with Crippen LogP contribution in [0.4, 0.5) is 0 Å². The van der Waals surface area contributed by atoms with Crippen molar-refractivity contribution in [2.45, 2.75) is 19.9 Å². The number of benzene rings is 1. The standard InChI is InChI=1S/C16H21ClN4O2/c1-9(2)13(18)8-23-14-5-4-10(16(19)22)6-11(14)15-12(17)7-20-21(15)3/h4-7,9,13H,8,18H2,1-3H3,(H2,19,22)/t13-/m1/s1. The molecule has 1 heterocycles. The van der Waals surface area contributed by atoms with Gasteiger partial charge < -0.3 is 16.2 Å². The van der Waals surface area contributed by atoms with Gasteiger partial charge in [0.25, 0.3) is 0 Å². The van der Waals surface area contributed by atoms with E-state index in [0.29, 0.717) is 40.1 Å². The van der Waals surface area contributed by atoms with Gasteiger partial charge in [-0.3, -0.25) is 9.48 Å². The van der Waals surface area contributed by atoms with Crippen molar-refractivity contribution in [2.24, 2.45) is 24.4 Å². The minimum Gasteiger partial charge on any atom is -0.491 e. The lowest BCUT2D eigenvalue weighted by molar-refractivity contribution is 0.100. The van der Waals surface area contributed by atoms with E-state index in [1.807, 2.05) is 13.8 Å². The van der Waals surface area contributed by atoms with Crippen LogP contribution in [0, 0.1) is 5.92 Å². The number of halogens is 1. The van der Waals surface area contributed by atoms with Crippen molar-refractivity contribution in [3.63, 3.8) is 0 Å². The summed E-state index contributed by atoms with van der Waals surface area (Å²) in [6.07, 6.45) is 1.54. The molecule has 0 spiro atoms. The molecule has 2 rings (SSSR count). The molecule has 2 aromatic rings. The van der Waals surface area contributed by atoms with Crippen LogP contribution in [0.1, 0.15) is 24.2 Å². The summed E-state index contributed by atoms with van der Waals surface area (Å²) in [6.45, 7) is 4.42. The largest absolute Gasteiger partial charge is 0.491 e. The maximum absolute atomic E-state index is 11.5. The quantitative estimate of drug-likeness (QED) is 0.845. The van der Waals surface area contributed by atoms with Crippen molar-refractivity contribution in [1.82, 2.24) is 9.78 Å². The number of aromatic nitrogens is 2. The molecule has 7 heteroatoms. The van der Waals surface area contributed by atoms with Gasteiger partial charge in [0.15, 0.2) is 0 Å². The smallest absolute Gasteiger partial charge is 0.248 e. The van der Waals surface area contributed by atoms with Crippen molar-refractivity contribution in [3.05, 3.63) is 35.0 Å². The number of primary amides is 1. The second kappa shape index (κ2) is 7.02. The Morgan fingerprint density at radius 1 is 1.43 bits per heavy atom. The molecule has 1 aromatic heterocycles. The van der Waals surface area contributed by atoms with Gasteiger partial charge in [0.05, 0.1) is 16.9 Å². The highest BCUT2D eigenvalue weighted by molar-refractivity contribution is 6.33. The Hall–Kier alpha value is -2.05. The highest BCUT2D eigenvalue weighted by Crippen LogP contribution is 2.35. The summed E-state index contributed by atoms with van der Waals surface area (Å²) in [7, 11) is 1.77. The summed E-state index contributed by atoms with van der Waals surface area (Å²) in [5.74, 6) is 0.357. The SMILES string of the molecule is CC(C)[C@H](N)COc1ccc(C(N)=O)cc1-c1c(Cl)cnn1C. The molecule has 1 aromatic carbocycles. The molecular formula is C16H21ClN4O2. The Labute approximate surface area is 140 Å². The Balaban J connectivity index is 2.44. The molecule has 0 saturated carbocycles. The summed E-state index contributed by atoms with van der Waals surface area (Å²) >= 11 is 6.22. The lowest BCUT2D eigenvalue weighted by Gasteiger charge is -2.18. The second-order valence-corrected chi connectivity index (χ2v) is 6.17. The lowest BCUT2D eigenvalue weighted by atomic mass is 10.1. The number of nitrogens with zero attached hydrogens (tertiary/aromatic N) is 2. The monoisotopic (exact) mass is 336 g/mol. The van der Waals surface area contributed by atoms with Gasteiger partial charge in [-0.25, -0.2) is 0 Å². The fourth-order valence-corrected chi connectivity index (χ4v) is 2.35. The van der Waals surface area contributed by atoms with Crippen LogP contribution in [0.3, 0.4) is 0 Å². The van der Waals surface area contributed by atoms with Crippen LogP contribution in [-0.2, 0) is 7.05 Å². The van der Waals surface area contributed by atoms with Gasteiger partial charge in [0, 0.05) is 24.2 Å². The zero-order valence-corrected chi connectivity index (χ0v) is 14.2. The Bertz CT molecular complexity index is 693.